The van der Waals surface area contributed by atoms with Crippen LogP contribution >= 0.6 is 0 Å². The summed E-state index contributed by atoms with van der Waals surface area (Å²) in [5.41, 5.74) is 1.28. The van der Waals surface area contributed by atoms with Gasteiger partial charge in [0.1, 0.15) is 11.5 Å². The predicted octanol–water partition coefficient (Wildman–Crippen LogP) is 3.32. The highest BCUT2D eigenvalue weighted by Gasteiger charge is 2.41. The fourth-order valence-electron chi connectivity index (χ4n) is 3.52. The molecule has 2 heterocycles. The van der Waals surface area contributed by atoms with Crippen molar-refractivity contribution in [3.05, 3.63) is 60.2 Å². The maximum absolute atomic E-state index is 5.93. The van der Waals surface area contributed by atoms with Gasteiger partial charge in [-0.05, 0) is 37.4 Å². The fraction of sp³-hybridized carbons (Fsp3) is 0.333. The Balaban J connectivity index is 1.37. The largest absolute Gasteiger partial charge is 0.554 e. The van der Waals surface area contributed by atoms with Crippen LogP contribution in [0, 0.1) is 0 Å². The number of para-hydroxylation sites is 1. The van der Waals surface area contributed by atoms with Gasteiger partial charge in [0.2, 0.25) is 0 Å². The molecule has 2 aromatic rings. The second-order valence-electron chi connectivity index (χ2n) is 6.20. The summed E-state index contributed by atoms with van der Waals surface area (Å²) in [6.07, 6.45) is 1.89. The molecule has 23 heavy (non-hydrogen) atoms. The van der Waals surface area contributed by atoms with E-state index in [1.165, 1.54) is 5.56 Å². The monoisotopic (exact) mass is 310 g/mol. The summed E-state index contributed by atoms with van der Waals surface area (Å²) in [7, 11) is 0. The Morgan fingerprint density at radius 3 is 2.22 bits per heavy atom. The van der Waals surface area contributed by atoms with Gasteiger partial charge in [-0.2, -0.15) is 0 Å². The third-order valence-electron chi connectivity index (χ3n) is 4.77. The number of benzene rings is 2. The Hall–Kier alpha value is -1.82. The van der Waals surface area contributed by atoms with E-state index >= 15 is 0 Å². The number of ether oxygens (including phenoxy) is 1. The van der Waals surface area contributed by atoms with Crippen LogP contribution in [0.25, 0.3) is 0 Å². The van der Waals surface area contributed by atoms with Crippen LogP contribution in [-0.4, -0.2) is 37.8 Å². The van der Waals surface area contributed by atoms with Gasteiger partial charge in [-0.25, -0.2) is 0 Å². The molecule has 0 aromatic heterocycles. The Bertz CT molecular complexity index is 637. The molecule has 2 aromatic carbocycles. The van der Waals surface area contributed by atoms with Gasteiger partial charge in [-0.1, -0.05) is 42.3 Å². The normalized spacial score (nSPS) is 19.7. The maximum Gasteiger partial charge on any atom is 0.318 e. The lowest BCUT2D eigenvalue weighted by Crippen LogP contribution is -2.47. The highest BCUT2D eigenvalue weighted by Crippen LogP contribution is 2.30. The quantitative estimate of drug-likeness (QED) is 0.793. The zero-order valence-corrected chi connectivity index (χ0v) is 13.2. The van der Waals surface area contributed by atoms with Crippen LogP contribution in [0.3, 0.4) is 0 Å². The van der Waals surface area contributed by atoms with Gasteiger partial charge < -0.3 is 18.9 Å². The molecule has 120 valence electrons. The van der Waals surface area contributed by atoms with Gasteiger partial charge in [0.25, 0.3) is 0 Å². The minimum Gasteiger partial charge on any atom is -0.554 e. The molecule has 0 N–H and O–H groups in total. The number of hydrogen-bond donors (Lipinski definition) is 0. The number of fused-ring (bicyclic) bond motifs is 1. The topological polar surface area (TPSA) is 30.9 Å². The summed E-state index contributed by atoms with van der Waals surface area (Å²) >= 11 is 0. The van der Waals surface area contributed by atoms with Gasteiger partial charge in [0.15, 0.2) is 0 Å². The molecule has 0 atom stereocenters. The molecule has 0 spiro atoms. The third-order valence-corrected chi connectivity index (χ3v) is 4.77. The Morgan fingerprint density at radius 2 is 1.52 bits per heavy atom. The van der Waals surface area contributed by atoms with Crippen molar-refractivity contribution in [1.82, 2.24) is 4.81 Å². The molecule has 0 unspecified atom stereocenters. The van der Waals surface area contributed by atoms with E-state index in [2.05, 4.69) is 16.9 Å². The molecule has 2 aliphatic rings. The Morgan fingerprint density at radius 1 is 0.870 bits per heavy atom. The van der Waals surface area contributed by atoms with Crippen LogP contribution in [0.15, 0.2) is 54.6 Å². The van der Waals surface area contributed by atoms with Crippen LogP contribution in [0.1, 0.15) is 5.56 Å². The second-order valence-corrected chi connectivity index (χ2v) is 6.20. The lowest BCUT2D eigenvalue weighted by molar-refractivity contribution is 0.220. The molecule has 4 rings (SSSR count). The van der Waals surface area contributed by atoms with Crippen LogP contribution < -0.4 is 4.74 Å². The highest BCUT2D eigenvalue weighted by atomic mass is 16.6. The molecule has 0 amide bonds. The predicted molar refractivity (Wildman–Crippen MR) is 90.7 cm³/mol. The van der Waals surface area contributed by atoms with Crippen molar-refractivity contribution in [3.63, 3.8) is 0 Å². The minimum atomic E-state index is -1.18. The zero-order valence-electron chi connectivity index (χ0n) is 13.2. The Labute approximate surface area is 137 Å². The molecular weight excluding hydrogens is 289 g/mol. The lowest BCUT2D eigenvalue weighted by atomic mass is 9.65. The van der Waals surface area contributed by atoms with Crippen LogP contribution in [0.4, 0.5) is 0 Å². The molecule has 2 saturated heterocycles. The van der Waals surface area contributed by atoms with Gasteiger partial charge in [-0.15, -0.1) is 6.32 Å². The molecule has 0 saturated carbocycles. The number of nitrogens with zero attached hydrogens (tertiary/aromatic N) is 1. The van der Waals surface area contributed by atoms with Crippen molar-refractivity contribution < 1.29 is 14.0 Å². The van der Waals surface area contributed by atoms with Crippen molar-refractivity contribution in [1.29, 1.82) is 0 Å². The summed E-state index contributed by atoms with van der Waals surface area (Å²) in [6.45, 7) is 2.41. The SMILES string of the molecule is c1ccc(Oc2ccc(CC[B-]34OCCN3CCO4)cc2)cc1. The van der Waals surface area contributed by atoms with Crippen molar-refractivity contribution in [2.75, 3.05) is 26.3 Å². The van der Waals surface area contributed by atoms with E-state index in [0.717, 1.165) is 50.5 Å². The van der Waals surface area contributed by atoms with Gasteiger partial charge in [-0.3, -0.25) is 0 Å². The standard InChI is InChI=1S/C18H21BNO3/c1-2-4-17(5-3-1)23-18-8-6-16(7-9-18)10-11-19-20(12-14-21-19)13-15-22-19/h1-9H,10-15H2/q-1. The summed E-state index contributed by atoms with van der Waals surface area (Å²) < 4.78 is 17.7. The lowest BCUT2D eigenvalue weighted by Gasteiger charge is -2.36. The van der Waals surface area contributed by atoms with Crippen LogP contribution in [0.2, 0.25) is 6.32 Å². The highest BCUT2D eigenvalue weighted by molar-refractivity contribution is 6.65. The van der Waals surface area contributed by atoms with Crippen molar-refractivity contribution in [2.45, 2.75) is 12.7 Å². The average Bonchev–Trinajstić information content (AvgIpc) is 3.15. The second kappa shape index (κ2) is 6.36. The molecular formula is C18H21BNO3-. The molecule has 0 radical (unpaired) electrons. The fourth-order valence-corrected chi connectivity index (χ4v) is 3.52. The summed E-state index contributed by atoms with van der Waals surface area (Å²) in [5, 5.41) is 0. The number of rotatable bonds is 5. The minimum absolute atomic E-state index is 0.795. The summed E-state index contributed by atoms with van der Waals surface area (Å²) in [5.74, 6) is 1.72. The summed E-state index contributed by atoms with van der Waals surface area (Å²) in [4.78, 5) is 2.37. The van der Waals surface area contributed by atoms with Gasteiger partial charge in [0.05, 0.1) is 0 Å². The first-order valence-electron chi connectivity index (χ1n) is 8.34. The average molecular weight is 310 g/mol. The van der Waals surface area contributed by atoms with Crippen LogP contribution in [0.5, 0.6) is 11.5 Å². The van der Waals surface area contributed by atoms with E-state index in [1.54, 1.807) is 0 Å². The first kappa shape index (κ1) is 14.8. The zero-order chi connectivity index (χ0) is 15.5. The number of aryl methyl sites for hydroxylation is 1. The Kier molecular flexibility index (Phi) is 4.08. The van der Waals surface area contributed by atoms with E-state index < -0.39 is 6.69 Å². The van der Waals surface area contributed by atoms with Gasteiger partial charge >= 0.3 is 6.69 Å². The summed E-state index contributed by atoms with van der Waals surface area (Å²) in [6, 6.07) is 18.1. The first-order valence-corrected chi connectivity index (χ1v) is 8.34. The number of hydrogen-bond acceptors (Lipinski definition) is 4. The van der Waals surface area contributed by atoms with E-state index in [-0.39, 0.29) is 0 Å². The first-order chi connectivity index (χ1) is 11.3. The van der Waals surface area contributed by atoms with Crippen molar-refractivity contribution in [3.8, 4) is 11.5 Å². The molecule has 0 bridgehead atoms. The van der Waals surface area contributed by atoms with Crippen molar-refractivity contribution in [2.24, 2.45) is 0 Å². The third kappa shape index (κ3) is 3.13. The molecule has 2 fully saturated rings. The molecule has 4 nitrogen and oxygen atoms in total. The smallest absolute Gasteiger partial charge is 0.318 e. The van der Waals surface area contributed by atoms with E-state index in [9.17, 15) is 0 Å². The molecule has 2 aliphatic heterocycles. The van der Waals surface area contributed by atoms with Crippen LogP contribution in [-0.2, 0) is 15.7 Å². The van der Waals surface area contributed by atoms with Crippen molar-refractivity contribution >= 4 is 6.69 Å². The van der Waals surface area contributed by atoms with E-state index in [1.807, 2.05) is 42.5 Å². The molecule has 0 aliphatic carbocycles. The van der Waals surface area contributed by atoms with Gasteiger partial charge in [0, 0.05) is 13.2 Å². The van der Waals surface area contributed by atoms with E-state index in [0.29, 0.717) is 0 Å². The van der Waals surface area contributed by atoms with E-state index in [4.69, 9.17) is 14.0 Å². The molecule has 5 heteroatoms. The maximum atomic E-state index is 5.93.